The van der Waals surface area contributed by atoms with Gasteiger partial charge < -0.3 is 0 Å². The van der Waals surface area contributed by atoms with Gasteiger partial charge in [-0.25, -0.2) is 0 Å². The van der Waals surface area contributed by atoms with E-state index in [0.717, 1.165) is 23.5 Å². The van der Waals surface area contributed by atoms with Gasteiger partial charge in [0, 0.05) is 23.2 Å². The van der Waals surface area contributed by atoms with Crippen molar-refractivity contribution in [2.24, 2.45) is 0 Å². The topological polar surface area (TPSA) is 17.1 Å². The van der Waals surface area contributed by atoms with Crippen LogP contribution >= 0.6 is 46.7 Å². The van der Waals surface area contributed by atoms with E-state index in [1.165, 1.54) is 0 Å². The third-order valence-corrected chi connectivity index (χ3v) is 7.17. The van der Waals surface area contributed by atoms with Gasteiger partial charge in [0.25, 0.3) is 0 Å². The summed E-state index contributed by atoms with van der Waals surface area (Å²) in [6.07, 6.45) is 1.50. The van der Waals surface area contributed by atoms with E-state index in [0.29, 0.717) is 27.5 Å². The van der Waals surface area contributed by atoms with Crippen molar-refractivity contribution in [2.45, 2.75) is 30.3 Å². The Morgan fingerprint density at radius 2 is 2.00 bits per heavy atom. The Labute approximate surface area is 132 Å². The molecule has 2 rings (SSSR count). The van der Waals surface area contributed by atoms with Gasteiger partial charge in [0.2, 0.25) is 0 Å². The molecule has 1 aromatic rings. The fraction of sp³-hybridized carbons (Fsp3) is 0.500. The van der Waals surface area contributed by atoms with Gasteiger partial charge in [-0.15, -0.1) is 11.8 Å². The van der Waals surface area contributed by atoms with E-state index in [2.05, 4.69) is 6.92 Å². The highest BCUT2D eigenvalue weighted by Gasteiger charge is 2.30. The predicted octanol–water partition coefficient (Wildman–Crippen LogP) is 4.73. The maximum Gasteiger partial charge on any atom is 0.151 e. The molecule has 104 valence electrons. The Balaban J connectivity index is 2.05. The summed E-state index contributed by atoms with van der Waals surface area (Å²) in [5.41, 5.74) is 0.949. The molecule has 0 aliphatic carbocycles. The number of ketones is 1. The van der Waals surface area contributed by atoms with Crippen molar-refractivity contribution < 1.29 is 4.79 Å². The monoisotopic (exact) mass is 334 g/mol. The molecule has 0 aromatic heterocycles. The third-order valence-electron chi connectivity index (χ3n) is 3.13. The van der Waals surface area contributed by atoms with E-state index in [4.69, 9.17) is 23.2 Å². The van der Waals surface area contributed by atoms with Crippen LogP contribution in [0.15, 0.2) is 18.2 Å². The van der Waals surface area contributed by atoms with Gasteiger partial charge in [-0.2, -0.15) is 11.8 Å². The number of hydrogen-bond acceptors (Lipinski definition) is 3. The molecule has 0 spiro atoms. The molecule has 0 radical (unpaired) electrons. The van der Waals surface area contributed by atoms with Crippen molar-refractivity contribution in [1.82, 2.24) is 0 Å². The van der Waals surface area contributed by atoms with E-state index < -0.39 is 0 Å². The van der Waals surface area contributed by atoms with Crippen LogP contribution in [0.3, 0.4) is 0 Å². The summed E-state index contributed by atoms with van der Waals surface area (Å²) >= 11 is 15.6. The molecule has 1 fully saturated rings. The lowest BCUT2D eigenvalue weighted by molar-refractivity contribution is -0.117. The van der Waals surface area contributed by atoms with Crippen LogP contribution in [-0.2, 0) is 11.2 Å². The fourth-order valence-corrected chi connectivity index (χ4v) is 5.51. The predicted molar refractivity (Wildman–Crippen MR) is 88.0 cm³/mol. The van der Waals surface area contributed by atoms with Gasteiger partial charge in [0.1, 0.15) is 0 Å². The molecule has 1 nitrogen and oxygen atoms in total. The van der Waals surface area contributed by atoms with Crippen molar-refractivity contribution >= 4 is 52.5 Å². The summed E-state index contributed by atoms with van der Waals surface area (Å²) in [5, 5.41) is 1.63. The number of rotatable bonds is 4. The zero-order valence-electron chi connectivity index (χ0n) is 10.7. The third kappa shape index (κ3) is 4.07. The maximum absolute atomic E-state index is 12.4. The van der Waals surface area contributed by atoms with Gasteiger partial charge in [-0.1, -0.05) is 36.2 Å². The Kier molecular flexibility index (Phi) is 5.94. The molecule has 1 saturated heterocycles. The number of hydrogen-bond donors (Lipinski definition) is 0. The lowest BCUT2D eigenvalue weighted by Crippen LogP contribution is -2.33. The van der Waals surface area contributed by atoms with Crippen LogP contribution < -0.4 is 0 Å². The molecule has 0 saturated carbocycles. The van der Waals surface area contributed by atoms with Crippen LogP contribution in [0.5, 0.6) is 0 Å². The van der Waals surface area contributed by atoms with Crippen molar-refractivity contribution in [1.29, 1.82) is 0 Å². The van der Waals surface area contributed by atoms with Crippen molar-refractivity contribution in [3.8, 4) is 0 Å². The number of carbonyl (C=O) groups is 1. The average Bonchev–Trinajstić information content (AvgIpc) is 2.43. The van der Waals surface area contributed by atoms with Crippen molar-refractivity contribution in [2.75, 3.05) is 11.5 Å². The minimum Gasteiger partial charge on any atom is -0.298 e. The summed E-state index contributed by atoms with van der Waals surface area (Å²) in [6.45, 7) is 2.16. The molecule has 19 heavy (non-hydrogen) atoms. The molecule has 1 aliphatic heterocycles. The lowest BCUT2D eigenvalue weighted by Gasteiger charge is -2.28. The highest BCUT2D eigenvalue weighted by Crippen LogP contribution is 2.34. The first-order valence-corrected chi connectivity index (χ1v) is 9.17. The first kappa shape index (κ1) is 15.6. The molecular weight excluding hydrogens is 319 g/mol. The second kappa shape index (κ2) is 7.26. The number of thioether (sulfide) groups is 2. The SMILES string of the molecule is CCC1SCCSC1C(=O)Cc1ccc(Cl)c(Cl)c1. The molecule has 2 atom stereocenters. The smallest absolute Gasteiger partial charge is 0.151 e. The van der Waals surface area contributed by atoms with Gasteiger partial charge in [-0.05, 0) is 24.1 Å². The quantitative estimate of drug-likeness (QED) is 0.792. The van der Waals surface area contributed by atoms with E-state index in [1.807, 2.05) is 17.8 Å². The fourth-order valence-electron chi connectivity index (χ4n) is 2.15. The lowest BCUT2D eigenvalue weighted by atomic mass is 10.0. The number of carbonyl (C=O) groups excluding carboxylic acids is 1. The highest BCUT2D eigenvalue weighted by molar-refractivity contribution is 8.07. The van der Waals surface area contributed by atoms with Crippen molar-refractivity contribution in [3.05, 3.63) is 33.8 Å². The Morgan fingerprint density at radius 1 is 1.26 bits per heavy atom. The van der Waals surface area contributed by atoms with Gasteiger partial charge in [0.15, 0.2) is 5.78 Å². The van der Waals surface area contributed by atoms with Crippen LogP contribution in [0.25, 0.3) is 0 Å². The summed E-state index contributed by atoms with van der Waals surface area (Å²) < 4.78 is 0. The second-order valence-corrected chi connectivity index (χ2v) is 7.91. The first-order chi connectivity index (χ1) is 9.11. The summed E-state index contributed by atoms with van der Waals surface area (Å²) in [4.78, 5) is 12.4. The minimum atomic E-state index is 0.123. The van der Waals surface area contributed by atoms with E-state index in [-0.39, 0.29) is 5.25 Å². The van der Waals surface area contributed by atoms with Crippen LogP contribution in [0.1, 0.15) is 18.9 Å². The number of halogens is 2. The van der Waals surface area contributed by atoms with E-state index in [1.54, 1.807) is 23.9 Å². The molecule has 5 heteroatoms. The largest absolute Gasteiger partial charge is 0.298 e. The zero-order chi connectivity index (χ0) is 13.8. The number of Topliss-reactive ketones (excluding diaryl/α,β-unsaturated/α-hetero) is 1. The average molecular weight is 335 g/mol. The molecular formula is C14H16Cl2OS2. The van der Waals surface area contributed by atoms with Gasteiger partial charge >= 0.3 is 0 Å². The molecule has 0 bridgehead atoms. The second-order valence-electron chi connectivity index (χ2n) is 4.50. The Morgan fingerprint density at radius 3 is 2.68 bits per heavy atom. The normalized spacial score (nSPS) is 23.3. The number of benzene rings is 1. The minimum absolute atomic E-state index is 0.123. The first-order valence-electron chi connectivity index (χ1n) is 6.31. The molecule has 1 aromatic carbocycles. The molecule has 1 aliphatic rings. The molecule has 1 heterocycles. The summed E-state index contributed by atoms with van der Waals surface area (Å²) in [6, 6.07) is 5.43. The van der Waals surface area contributed by atoms with Crippen molar-refractivity contribution in [3.63, 3.8) is 0 Å². The Bertz CT molecular complexity index is 465. The molecule has 0 amide bonds. The zero-order valence-corrected chi connectivity index (χ0v) is 13.8. The van der Waals surface area contributed by atoms with E-state index >= 15 is 0 Å². The van der Waals surface area contributed by atoms with Crippen LogP contribution in [-0.4, -0.2) is 27.8 Å². The molecule has 0 N–H and O–H groups in total. The summed E-state index contributed by atoms with van der Waals surface area (Å²) in [5.74, 6) is 2.53. The van der Waals surface area contributed by atoms with Gasteiger partial charge in [0.05, 0.1) is 15.3 Å². The van der Waals surface area contributed by atoms with Crippen LogP contribution in [0.4, 0.5) is 0 Å². The van der Waals surface area contributed by atoms with Gasteiger partial charge in [-0.3, -0.25) is 4.79 Å². The van der Waals surface area contributed by atoms with E-state index in [9.17, 15) is 4.79 Å². The standard InChI is InChI=1S/C14H16Cl2OS2/c1-2-13-14(19-6-5-18-13)12(17)8-9-3-4-10(15)11(16)7-9/h3-4,7,13-14H,2,5-6,8H2,1H3. The summed E-state index contributed by atoms with van der Waals surface area (Å²) in [7, 11) is 0. The molecule has 2 unspecified atom stereocenters. The maximum atomic E-state index is 12.4. The Hall–Kier alpha value is 0.170. The highest BCUT2D eigenvalue weighted by atomic mass is 35.5. The van der Waals surface area contributed by atoms with Crippen LogP contribution in [0.2, 0.25) is 10.0 Å². The van der Waals surface area contributed by atoms with Crippen LogP contribution in [0, 0.1) is 0 Å².